The summed E-state index contributed by atoms with van der Waals surface area (Å²) in [5.74, 6) is -0.700. The third kappa shape index (κ3) is 4.47. The lowest BCUT2D eigenvalue weighted by atomic mass is 10.2. The quantitative estimate of drug-likeness (QED) is 0.381. The molecule has 2 N–H and O–H groups in total. The van der Waals surface area contributed by atoms with Crippen LogP contribution in [-0.2, 0) is 9.53 Å². The second-order valence-electron chi connectivity index (χ2n) is 2.37. The maximum Gasteiger partial charge on any atom is 0.335 e. The summed E-state index contributed by atoms with van der Waals surface area (Å²) in [6, 6.07) is 0. The highest BCUT2D eigenvalue weighted by Crippen LogP contribution is 2.05. The van der Waals surface area contributed by atoms with Gasteiger partial charge in [-0.05, 0) is 19.1 Å². The molecular weight excluding hydrogens is 184 g/mol. The lowest BCUT2D eigenvalue weighted by Gasteiger charge is -2.04. The van der Waals surface area contributed by atoms with Crippen LogP contribution < -0.4 is 0 Å². The first kappa shape index (κ1) is 12.4. The molecule has 0 unspecified atom stereocenters. The van der Waals surface area contributed by atoms with E-state index in [-0.39, 0.29) is 18.8 Å². The fraction of sp³-hybridized carbons (Fsp3) is 0.300. The predicted octanol–water partition coefficient (Wildman–Crippen LogP) is 1.10. The van der Waals surface area contributed by atoms with Gasteiger partial charge in [-0.2, -0.15) is 0 Å². The molecule has 0 radical (unpaired) electrons. The molecule has 0 saturated heterocycles. The molecule has 0 aromatic carbocycles. The average molecular weight is 198 g/mol. The monoisotopic (exact) mass is 198 g/mol. The molecule has 4 heteroatoms. The van der Waals surface area contributed by atoms with E-state index in [4.69, 9.17) is 14.9 Å². The van der Waals surface area contributed by atoms with Crippen molar-refractivity contribution in [1.82, 2.24) is 0 Å². The van der Waals surface area contributed by atoms with Crippen molar-refractivity contribution in [3.8, 4) is 0 Å². The number of carboxylic acids is 1. The van der Waals surface area contributed by atoms with Crippen LogP contribution in [0.5, 0.6) is 0 Å². The average Bonchev–Trinajstić information content (AvgIpc) is 2.18. The number of carboxylic acid groups (broad SMARTS) is 1. The second-order valence-corrected chi connectivity index (χ2v) is 2.37. The first-order chi connectivity index (χ1) is 6.65. The zero-order valence-corrected chi connectivity index (χ0v) is 8.06. The topological polar surface area (TPSA) is 66.8 Å². The van der Waals surface area contributed by atoms with Crippen LogP contribution in [-0.4, -0.2) is 29.4 Å². The largest absolute Gasteiger partial charge is 0.491 e. The van der Waals surface area contributed by atoms with Gasteiger partial charge in [0.05, 0.1) is 12.2 Å². The first-order valence-corrected chi connectivity index (χ1v) is 4.13. The summed E-state index contributed by atoms with van der Waals surface area (Å²) in [5.41, 5.74) is 0.123. The summed E-state index contributed by atoms with van der Waals surface area (Å²) in [5, 5.41) is 17.2. The maximum atomic E-state index is 10.6. The van der Waals surface area contributed by atoms with Gasteiger partial charge >= 0.3 is 5.97 Å². The Balaban J connectivity index is 4.56. The number of aliphatic hydroxyl groups is 1. The molecule has 0 aromatic heterocycles. The van der Waals surface area contributed by atoms with Gasteiger partial charge in [-0.1, -0.05) is 12.7 Å². The molecule has 0 aliphatic heterocycles. The lowest BCUT2D eigenvalue weighted by Crippen LogP contribution is -2.01. The normalized spacial score (nSPS) is 12.4. The number of hydrogen-bond acceptors (Lipinski definition) is 3. The Labute approximate surface area is 82.8 Å². The second kappa shape index (κ2) is 6.91. The van der Waals surface area contributed by atoms with Gasteiger partial charge in [0, 0.05) is 0 Å². The highest BCUT2D eigenvalue weighted by Gasteiger charge is 2.03. The van der Waals surface area contributed by atoms with Crippen LogP contribution >= 0.6 is 0 Å². The molecule has 0 saturated carbocycles. The highest BCUT2D eigenvalue weighted by atomic mass is 16.5. The van der Waals surface area contributed by atoms with Crippen molar-refractivity contribution in [3.63, 3.8) is 0 Å². The smallest absolute Gasteiger partial charge is 0.335 e. The number of allylic oxidation sites excluding steroid dienone is 2. The summed E-state index contributed by atoms with van der Waals surface area (Å²) in [6.45, 7) is 5.08. The van der Waals surface area contributed by atoms with Gasteiger partial charge in [0.1, 0.15) is 12.4 Å². The number of aliphatic hydroxyl groups excluding tert-OH is 1. The minimum atomic E-state index is -1.03. The highest BCUT2D eigenvalue weighted by molar-refractivity contribution is 5.89. The van der Waals surface area contributed by atoms with Crippen LogP contribution in [0.2, 0.25) is 0 Å². The molecule has 4 nitrogen and oxygen atoms in total. The third-order valence-corrected chi connectivity index (χ3v) is 1.42. The summed E-state index contributed by atoms with van der Waals surface area (Å²) in [4.78, 5) is 10.6. The fourth-order valence-corrected chi connectivity index (χ4v) is 0.745. The molecular formula is C10H14O4. The van der Waals surface area contributed by atoms with E-state index in [2.05, 4.69) is 6.58 Å². The van der Waals surface area contributed by atoms with Crippen molar-refractivity contribution >= 4 is 5.97 Å². The standard InChI is InChI=1S/C10H14O4/c1-3-8(10(12)13)7-9(4-2)14-6-5-11/h3-4,7,11H,2,5-6H2,1H3,(H,12,13)/b8-3+,9-7+. The van der Waals surface area contributed by atoms with E-state index in [9.17, 15) is 4.79 Å². The fourth-order valence-electron chi connectivity index (χ4n) is 0.745. The Kier molecular flexibility index (Phi) is 6.15. The summed E-state index contributed by atoms with van der Waals surface area (Å²) in [6.07, 6.45) is 4.20. The van der Waals surface area contributed by atoms with Crippen LogP contribution in [0, 0.1) is 0 Å². The maximum absolute atomic E-state index is 10.6. The van der Waals surface area contributed by atoms with Gasteiger partial charge in [-0.15, -0.1) is 0 Å². The predicted molar refractivity (Wildman–Crippen MR) is 52.7 cm³/mol. The van der Waals surface area contributed by atoms with Gasteiger partial charge < -0.3 is 14.9 Å². The molecule has 0 heterocycles. The molecule has 0 rings (SSSR count). The van der Waals surface area contributed by atoms with Gasteiger partial charge in [0.2, 0.25) is 0 Å². The summed E-state index contributed by atoms with van der Waals surface area (Å²) < 4.78 is 5.01. The van der Waals surface area contributed by atoms with Gasteiger partial charge in [-0.25, -0.2) is 4.79 Å². The SMILES string of the molecule is C=C/C(=C\C(=C/C)C(=O)O)OCCO. The Morgan fingerprint density at radius 3 is 2.57 bits per heavy atom. The number of aliphatic carboxylic acids is 1. The number of ether oxygens (including phenoxy) is 1. The van der Waals surface area contributed by atoms with Crippen LogP contribution in [0.4, 0.5) is 0 Å². The van der Waals surface area contributed by atoms with Crippen molar-refractivity contribution in [2.24, 2.45) is 0 Å². The van der Waals surface area contributed by atoms with Gasteiger partial charge in [-0.3, -0.25) is 0 Å². The third-order valence-electron chi connectivity index (χ3n) is 1.42. The van der Waals surface area contributed by atoms with E-state index in [0.29, 0.717) is 5.76 Å². The molecule has 0 bridgehead atoms. The van der Waals surface area contributed by atoms with E-state index in [0.717, 1.165) is 0 Å². The Morgan fingerprint density at radius 1 is 1.57 bits per heavy atom. The van der Waals surface area contributed by atoms with Crippen molar-refractivity contribution < 1.29 is 19.7 Å². The number of carbonyl (C=O) groups is 1. The minimum absolute atomic E-state index is 0.120. The first-order valence-electron chi connectivity index (χ1n) is 4.13. The summed E-state index contributed by atoms with van der Waals surface area (Å²) in [7, 11) is 0. The number of rotatable bonds is 6. The summed E-state index contributed by atoms with van der Waals surface area (Å²) >= 11 is 0. The van der Waals surface area contributed by atoms with Crippen LogP contribution in [0.25, 0.3) is 0 Å². The van der Waals surface area contributed by atoms with E-state index >= 15 is 0 Å². The molecule has 0 fully saturated rings. The number of hydrogen-bond donors (Lipinski definition) is 2. The lowest BCUT2D eigenvalue weighted by molar-refractivity contribution is -0.132. The Morgan fingerprint density at radius 2 is 2.21 bits per heavy atom. The molecule has 14 heavy (non-hydrogen) atoms. The zero-order valence-electron chi connectivity index (χ0n) is 8.06. The van der Waals surface area contributed by atoms with E-state index in [1.165, 1.54) is 18.2 Å². The Hall–Kier alpha value is -1.55. The van der Waals surface area contributed by atoms with Crippen molar-refractivity contribution in [2.75, 3.05) is 13.2 Å². The Bertz CT molecular complexity index is 263. The van der Waals surface area contributed by atoms with Crippen molar-refractivity contribution in [3.05, 3.63) is 36.1 Å². The molecule has 0 aliphatic carbocycles. The molecule has 78 valence electrons. The minimum Gasteiger partial charge on any atom is -0.491 e. The van der Waals surface area contributed by atoms with Gasteiger partial charge in [0.25, 0.3) is 0 Å². The van der Waals surface area contributed by atoms with Crippen LogP contribution in [0.1, 0.15) is 6.92 Å². The van der Waals surface area contributed by atoms with Crippen molar-refractivity contribution in [1.29, 1.82) is 0 Å². The molecule has 0 atom stereocenters. The van der Waals surface area contributed by atoms with E-state index in [1.54, 1.807) is 6.92 Å². The molecule has 0 aromatic rings. The zero-order chi connectivity index (χ0) is 11.0. The molecule has 0 aliphatic rings. The van der Waals surface area contributed by atoms with E-state index < -0.39 is 5.97 Å². The van der Waals surface area contributed by atoms with E-state index in [1.807, 2.05) is 0 Å². The molecule has 0 spiro atoms. The van der Waals surface area contributed by atoms with Crippen LogP contribution in [0.15, 0.2) is 36.1 Å². The van der Waals surface area contributed by atoms with Crippen LogP contribution in [0.3, 0.4) is 0 Å². The van der Waals surface area contributed by atoms with Crippen molar-refractivity contribution in [2.45, 2.75) is 6.92 Å². The van der Waals surface area contributed by atoms with Gasteiger partial charge in [0.15, 0.2) is 0 Å². The molecule has 0 amide bonds.